The van der Waals surface area contributed by atoms with Crippen LogP contribution in [0.3, 0.4) is 0 Å². The van der Waals surface area contributed by atoms with Gasteiger partial charge in [-0.2, -0.15) is 0 Å². The zero-order valence-electron chi connectivity index (χ0n) is 3.68. The van der Waals surface area contributed by atoms with E-state index >= 15 is 0 Å². The van der Waals surface area contributed by atoms with Gasteiger partial charge in [0.2, 0.25) is 0 Å². The van der Waals surface area contributed by atoms with E-state index in [2.05, 4.69) is 5.32 Å². The van der Waals surface area contributed by atoms with E-state index in [0.29, 0.717) is 4.76 Å². The van der Waals surface area contributed by atoms with E-state index in [1.54, 1.807) is 0 Å². The number of amides is 1. The predicted octanol–water partition coefficient (Wildman–Crippen LogP) is -1.15. The number of nitrogens with zero attached hydrogens (tertiary/aromatic N) is 1. The summed E-state index contributed by atoms with van der Waals surface area (Å²) in [7, 11) is 0. The number of hydrogen-bond donors (Lipinski definition) is 1. The lowest BCUT2D eigenvalue weighted by Crippen LogP contribution is -2.14. The van der Waals surface area contributed by atoms with E-state index in [4.69, 9.17) is 0 Å². The summed E-state index contributed by atoms with van der Waals surface area (Å²) in [6, 6.07) is 0. The van der Waals surface area contributed by atoms with Crippen LogP contribution >= 0.6 is 0 Å². The first kappa shape index (κ1) is 4.23. The first-order valence-corrected chi connectivity index (χ1v) is 1.98. The molecule has 1 heterocycles. The molecule has 1 saturated heterocycles. The summed E-state index contributed by atoms with van der Waals surface area (Å²) >= 11 is 0. The molecular weight excluding hydrogens is 96.0 g/mol. The van der Waals surface area contributed by atoms with Crippen LogP contribution in [0.4, 0.5) is 0 Å². The van der Waals surface area contributed by atoms with E-state index in [-0.39, 0.29) is 19.1 Å². The minimum atomic E-state index is -0.185. The monoisotopic (exact) mass is 101 g/mol. The summed E-state index contributed by atoms with van der Waals surface area (Å²) in [6.45, 7) is 0.152. The highest BCUT2D eigenvalue weighted by atomic mass is 16.3. The normalized spacial score (nSPS) is 20.0. The lowest BCUT2D eigenvalue weighted by Gasteiger charge is -1.70. The number of nitrogens with one attached hydrogen (secondary N) is 1. The maximum absolute atomic E-state index is 10.1. The van der Waals surface area contributed by atoms with Crippen molar-refractivity contribution in [2.24, 2.45) is 0 Å². The third-order valence-electron chi connectivity index (χ3n) is 0.773. The van der Waals surface area contributed by atoms with Crippen molar-refractivity contribution in [1.82, 2.24) is 5.32 Å². The summed E-state index contributed by atoms with van der Waals surface area (Å²) in [5.74, 6) is -0.185. The van der Waals surface area contributed by atoms with Crippen molar-refractivity contribution in [2.45, 2.75) is 0 Å². The van der Waals surface area contributed by atoms with Gasteiger partial charge in [-0.05, 0) is 0 Å². The minimum Gasteiger partial charge on any atom is -0.292 e. The molecular formula is C3H5N2O2+. The van der Waals surface area contributed by atoms with Crippen LogP contribution in [-0.2, 0) is 4.79 Å². The summed E-state index contributed by atoms with van der Waals surface area (Å²) < 4.78 is 0.669. The minimum absolute atomic E-state index is 0.000000000000000222. The second-order valence-corrected chi connectivity index (χ2v) is 1.40. The fourth-order valence-corrected chi connectivity index (χ4v) is 0.448. The molecule has 1 amide bonds. The average molecular weight is 101 g/mol. The Morgan fingerprint density at radius 2 is 2.43 bits per heavy atom. The van der Waals surface area contributed by atoms with Gasteiger partial charge in [-0.15, -0.1) is 0 Å². The summed E-state index contributed by atoms with van der Waals surface area (Å²) in [4.78, 5) is 20.2. The molecule has 0 saturated carbocycles. The van der Waals surface area contributed by atoms with Gasteiger partial charge in [0.25, 0.3) is 19.1 Å². The Labute approximate surface area is 40.1 Å². The van der Waals surface area contributed by atoms with Crippen molar-refractivity contribution in [2.75, 3.05) is 13.2 Å². The van der Waals surface area contributed by atoms with E-state index < -0.39 is 0 Å². The number of nitroso groups, excluding NO2 is 1. The van der Waals surface area contributed by atoms with Gasteiger partial charge in [-0.25, -0.2) is 0 Å². The first-order valence-electron chi connectivity index (χ1n) is 1.98. The molecule has 0 spiro atoms. The predicted molar refractivity (Wildman–Crippen MR) is 21.5 cm³/mol. The summed E-state index contributed by atoms with van der Waals surface area (Å²) in [6.07, 6.45) is 0. The fourth-order valence-electron chi connectivity index (χ4n) is 0.448. The second-order valence-electron chi connectivity index (χ2n) is 1.40. The van der Waals surface area contributed by atoms with Crippen LogP contribution in [0.2, 0.25) is 0 Å². The molecule has 0 atom stereocenters. The van der Waals surface area contributed by atoms with Gasteiger partial charge >= 0.3 is 0 Å². The van der Waals surface area contributed by atoms with Gasteiger partial charge < -0.3 is 0 Å². The third kappa shape index (κ3) is 0.734. The molecule has 1 N–H and O–H groups in total. The molecule has 0 aromatic heterocycles. The molecule has 1 aliphatic rings. The quantitative estimate of drug-likeness (QED) is 0.392. The smallest absolute Gasteiger partial charge is 0.292 e. The molecule has 1 aliphatic heterocycles. The molecule has 0 aliphatic carbocycles. The van der Waals surface area contributed by atoms with Gasteiger partial charge in [0.15, 0.2) is 0 Å². The lowest BCUT2D eigenvalue weighted by atomic mass is 10.7. The van der Waals surface area contributed by atoms with Gasteiger partial charge in [-0.1, -0.05) is 0 Å². The fraction of sp³-hybridized carbons (Fsp3) is 0.667. The Kier molecular flexibility index (Phi) is 0.780. The van der Waals surface area contributed by atoms with Gasteiger partial charge in [0.05, 0.1) is 0 Å². The molecule has 1 fully saturated rings. The SMILES string of the molecule is O=C1C[N+](=O)CN1. The zero-order valence-corrected chi connectivity index (χ0v) is 3.68. The molecule has 0 radical (unpaired) electrons. The summed E-state index contributed by atoms with van der Waals surface area (Å²) in [5, 5.41) is 2.34. The van der Waals surface area contributed by atoms with E-state index in [1.807, 2.05) is 0 Å². The van der Waals surface area contributed by atoms with Crippen LogP contribution in [0, 0.1) is 4.91 Å². The highest BCUT2D eigenvalue weighted by Crippen LogP contribution is 1.79. The zero-order chi connectivity index (χ0) is 5.28. The van der Waals surface area contributed by atoms with E-state index in [9.17, 15) is 9.70 Å². The van der Waals surface area contributed by atoms with Gasteiger partial charge in [-0.3, -0.25) is 10.1 Å². The van der Waals surface area contributed by atoms with Gasteiger partial charge in [0.1, 0.15) is 0 Å². The molecule has 1 rings (SSSR count). The highest BCUT2D eigenvalue weighted by Gasteiger charge is 2.23. The van der Waals surface area contributed by atoms with E-state index in [1.165, 1.54) is 0 Å². The maximum Gasteiger partial charge on any atom is 0.295 e. The molecule has 38 valence electrons. The Morgan fingerprint density at radius 3 is 2.57 bits per heavy atom. The van der Waals surface area contributed by atoms with Crippen LogP contribution < -0.4 is 5.32 Å². The number of rotatable bonds is 0. The van der Waals surface area contributed by atoms with Crippen molar-refractivity contribution >= 4 is 5.91 Å². The first-order chi connectivity index (χ1) is 3.29. The van der Waals surface area contributed by atoms with Crippen molar-refractivity contribution in [1.29, 1.82) is 0 Å². The average Bonchev–Trinajstić information content (AvgIpc) is 1.87. The largest absolute Gasteiger partial charge is 0.295 e. The van der Waals surface area contributed by atoms with Gasteiger partial charge in [0, 0.05) is 9.67 Å². The third-order valence-corrected chi connectivity index (χ3v) is 0.773. The van der Waals surface area contributed by atoms with Crippen LogP contribution in [0.15, 0.2) is 0 Å². The second kappa shape index (κ2) is 1.29. The topological polar surface area (TPSA) is 49.2 Å². The molecule has 4 nitrogen and oxygen atoms in total. The Morgan fingerprint density at radius 1 is 1.71 bits per heavy atom. The standard InChI is InChI=1S/C3H4N2O2/c6-3-1-5(7)2-4-3/h1-2H2/p+1. The van der Waals surface area contributed by atoms with Crippen molar-refractivity contribution in [3.63, 3.8) is 0 Å². The van der Waals surface area contributed by atoms with Crippen LogP contribution in [-0.4, -0.2) is 23.9 Å². The number of carbonyl (C=O) groups excluding carboxylic acids is 1. The molecule has 7 heavy (non-hydrogen) atoms. The molecule has 0 aromatic carbocycles. The molecule has 4 heteroatoms. The lowest BCUT2D eigenvalue weighted by molar-refractivity contribution is -0.525. The Hall–Kier alpha value is -0.930. The van der Waals surface area contributed by atoms with Crippen molar-refractivity contribution in [3.8, 4) is 0 Å². The maximum atomic E-state index is 10.1. The highest BCUT2D eigenvalue weighted by molar-refractivity contribution is 5.77. The molecule has 0 bridgehead atoms. The van der Waals surface area contributed by atoms with Crippen molar-refractivity contribution in [3.05, 3.63) is 4.91 Å². The number of carbonyl (C=O) groups is 1. The summed E-state index contributed by atoms with van der Waals surface area (Å²) in [5.41, 5.74) is 0. The molecule has 0 aromatic rings. The van der Waals surface area contributed by atoms with Crippen LogP contribution in [0.1, 0.15) is 0 Å². The Bertz CT molecular complexity index is 106. The Balaban J connectivity index is 2.55. The van der Waals surface area contributed by atoms with Crippen LogP contribution in [0.5, 0.6) is 0 Å². The van der Waals surface area contributed by atoms with Crippen LogP contribution in [0.25, 0.3) is 0 Å². The molecule has 0 unspecified atom stereocenters. The van der Waals surface area contributed by atoms with E-state index in [0.717, 1.165) is 0 Å². The number of hydrogen-bond acceptors (Lipinski definition) is 2. The van der Waals surface area contributed by atoms with Crippen molar-refractivity contribution < 1.29 is 9.55 Å².